The van der Waals surface area contributed by atoms with Gasteiger partial charge >= 0.3 is 0 Å². The Hall–Kier alpha value is -2.22. The van der Waals surface area contributed by atoms with Crippen LogP contribution in [0.25, 0.3) is 11.3 Å². The number of hydrogen-bond donors (Lipinski definition) is 1. The van der Waals surface area contributed by atoms with Crippen molar-refractivity contribution in [1.82, 2.24) is 9.97 Å². The van der Waals surface area contributed by atoms with E-state index in [1.54, 1.807) is 0 Å². The highest BCUT2D eigenvalue weighted by molar-refractivity contribution is 5.60. The van der Waals surface area contributed by atoms with Crippen molar-refractivity contribution in [3.05, 3.63) is 41.9 Å². The Morgan fingerprint density at radius 1 is 1.12 bits per heavy atom. The Kier molecular flexibility index (Phi) is 4.89. The van der Waals surface area contributed by atoms with E-state index in [9.17, 15) is 17.6 Å². The van der Waals surface area contributed by atoms with E-state index >= 15 is 0 Å². The molecule has 0 amide bonds. The van der Waals surface area contributed by atoms with Crippen LogP contribution in [0.5, 0.6) is 5.75 Å². The summed E-state index contributed by atoms with van der Waals surface area (Å²) < 4.78 is 57.6. The lowest BCUT2D eigenvalue weighted by Gasteiger charge is -2.37. The molecule has 0 bridgehead atoms. The summed E-state index contributed by atoms with van der Waals surface area (Å²) in [5.74, 6) is -0.0429. The van der Waals surface area contributed by atoms with Crippen molar-refractivity contribution in [1.29, 1.82) is 0 Å². The number of nitrogens with two attached hydrogens (primary N) is 1. The minimum atomic E-state index is -2.86. The van der Waals surface area contributed by atoms with E-state index in [-0.39, 0.29) is 23.6 Å². The monoisotopic (exact) mass is 355 g/mol. The lowest BCUT2D eigenvalue weighted by Crippen LogP contribution is -2.51. The molecule has 8 heteroatoms. The van der Waals surface area contributed by atoms with Crippen LogP contribution in [-0.2, 0) is 0 Å². The van der Waals surface area contributed by atoms with Gasteiger partial charge in [-0.3, -0.25) is 4.98 Å². The van der Waals surface area contributed by atoms with Crippen LogP contribution >= 0.6 is 0 Å². The van der Waals surface area contributed by atoms with Gasteiger partial charge in [-0.25, -0.2) is 22.5 Å². The largest absolute Gasteiger partial charge is 0.490 e. The number of hydrogen-bond acceptors (Lipinski definition) is 4. The molecular weight excluding hydrogens is 338 g/mol. The second-order valence-electron chi connectivity index (χ2n) is 6.16. The minimum absolute atomic E-state index is 0.0429. The molecule has 0 unspecified atom stereocenters. The summed E-state index contributed by atoms with van der Waals surface area (Å²) >= 11 is 0. The van der Waals surface area contributed by atoms with Crippen molar-refractivity contribution in [2.45, 2.75) is 37.7 Å². The molecule has 0 spiro atoms. The summed E-state index contributed by atoms with van der Waals surface area (Å²) in [6.45, 7) is 0.137. The van der Waals surface area contributed by atoms with Gasteiger partial charge in [0.1, 0.15) is 23.7 Å². The van der Waals surface area contributed by atoms with E-state index in [4.69, 9.17) is 10.5 Å². The molecule has 0 saturated heterocycles. The Bertz CT molecular complexity index is 750. The molecule has 0 aliphatic heterocycles. The van der Waals surface area contributed by atoms with Gasteiger partial charge in [0, 0.05) is 11.8 Å². The number of rotatable bonds is 6. The highest BCUT2D eigenvalue weighted by atomic mass is 19.3. The molecule has 2 aromatic rings. The van der Waals surface area contributed by atoms with Crippen LogP contribution in [0.4, 0.5) is 17.6 Å². The fourth-order valence-corrected chi connectivity index (χ4v) is 2.63. The van der Waals surface area contributed by atoms with Gasteiger partial charge < -0.3 is 10.5 Å². The molecule has 0 radical (unpaired) electrons. The molecule has 1 fully saturated rings. The molecule has 1 saturated carbocycles. The SMILES string of the molecule is NC1(COc2ccc(-c3ccnc(C(F)F)c3)nc2C(F)F)CCC1. The molecule has 0 atom stereocenters. The maximum Gasteiger partial charge on any atom is 0.284 e. The van der Waals surface area contributed by atoms with Gasteiger partial charge in [0.15, 0.2) is 0 Å². The molecule has 2 heterocycles. The molecule has 0 aromatic carbocycles. The topological polar surface area (TPSA) is 61.0 Å². The molecule has 25 heavy (non-hydrogen) atoms. The Labute approximate surface area is 142 Å². The van der Waals surface area contributed by atoms with Gasteiger partial charge in [0.25, 0.3) is 12.9 Å². The normalized spacial score (nSPS) is 16.1. The first-order valence-corrected chi connectivity index (χ1v) is 7.83. The molecule has 1 aliphatic carbocycles. The van der Waals surface area contributed by atoms with Crippen molar-refractivity contribution < 1.29 is 22.3 Å². The zero-order valence-corrected chi connectivity index (χ0v) is 13.3. The van der Waals surface area contributed by atoms with Crippen molar-refractivity contribution in [3.8, 4) is 17.0 Å². The van der Waals surface area contributed by atoms with Crippen LogP contribution in [0.1, 0.15) is 43.5 Å². The van der Waals surface area contributed by atoms with Crippen molar-refractivity contribution in [2.24, 2.45) is 5.73 Å². The molecule has 2 aromatic heterocycles. The van der Waals surface area contributed by atoms with Crippen LogP contribution in [-0.4, -0.2) is 22.1 Å². The Morgan fingerprint density at radius 3 is 2.48 bits per heavy atom. The molecule has 3 rings (SSSR count). The molecule has 1 aliphatic rings. The summed E-state index contributed by atoms with van der Waals surface area (Å²) in [6, 6.07) is 5.39. The quantitative estimate of drug-likeness (QED) is 0.786. The highest BCUT2D eigenvalue weighted by Gasteiger charge is 2.34. The standard InChI is InChI=1S/C17H17F4N3O/c18-15(19)12-8-10(4-7-23-12)11-2-3-13(14(24-11)16(20)21)25-9-17(22)5-1-6-17/h2-4,7-8,15-16H,1,5-6,9,22H2. The Morgan fingerprint density at radius 2 is 1.88 bits per heavy atom. The predicted octanol–water partition coefficient (Wildman–Crippen LogP) is 4.28. The third kappa shape index (κ3) is 3.89. The Balaban J connectivity index is 1.87. The highest BCUT2D eigenvalue weighted by Crippen LogP contribution is 2.34. The molecular formula is C17H17F4N3O. The molecule has 2 N–H and O–H groups in total. The third-order valence-electron chi connectivity index (χ3n) is 4.26. The smallest absolute Gasteiger partial charge is 0.284 e. The molecule has 134 valence electrons. The number of nitrogens with zero attached hydrogens (tertiary/aromatic N) is 2. The van der Waals surface area contributed by atoms with E-state index in [1.165, 1.54) is 24.4 Å². The van der Waals surface area contributed by atoms with E-state index in [0.29, 0.717) is 0 Å². The second-order valence-corrected chi connectivity index (χ2v) is 6.16. The number of halogens is 4. The summed E-state index contributed by atoms with van der Waals surface area (Å²) in [4.78, 5) is 7.45. The van der Waals surface area contributed by atoms with Crippen LogP contribution in [0.2, 0.25) is 0 Å². The van der Waals surface area contributed by atoms with Gasteiger partial charge in [0.2, 0.25) is 0 Å². The zero-order chi connectivity index (χ0) is 18.0. The van der Waals surface area contributed by atoms with E-state index < -0.39 is 29.8 Å². The second kappa shape index (κ2) is 6.95. The first-order valence-electron chi connectivity index (χ1n) is 7.83. The zero-order valence-electron chi connectivity index (χ0n) is 13.3. The minimum Gasteiger partial charge on any atom is -0.490 e. The third-order valence-corrected chi connectivity index (χ3v) is 4.26. The summed E-state index contributed by atoms with van der Waals surface area (Å²) in [5.41, 5.74) is 5.02. The fourth-order valence-electron chi connectivity index (χ4n) is 2.63. The lowest BCUT2D eigenvalue weighted by atomic mass is 9.78. The van der Waals surface area contributed by atoms with Crippen molar-refractivity contribution >= 4 is 0 Å². The van der Waals surface area contributed by atoms with Gasteiger partial charge in [-0.05, 0) is 43.5 Å². The fraction of sp³-hybridized carbons (Fsp3) is 0.412. The van der Waals surface area contributed by atoms with E-state index in [1.807, 2.05) is 0 Å². The average Bonchev–Trinajstić information content (AvgIpc) is 2.58. The van der Waals surface area contributed by atoms with Crippen LogP contribution in [0.15, 0.2) is 30.5 Å². The van der Waals surface area contributed by atoms with Gasteiger partial charge in [-0.15, -0.1) is 0 Å². The number of pyridine rings is 2. The van der Waals surface area contributed by atoms with Gasteiger partial charge in [0.05, 0.1) is 11.2 Å². The van der Waals surface area contributed by atoms with Crippen molar-refractivity contribution in [2.75, 3.05) is 6.61 Å². The number of ether oxygens (including phenoxy) is 1. The summed E-state index contributed by atoms with van der Waals surface area (Å²) in [6.07, 6.45) is -1.85. The van der Waals surface area contributed by atoms with E-state index in [0.717, 1.165) is 25.3 Å². The van der Waals surface area contributed by atoms with Gasteiger partial charge in [-0.1, -0.05) is 0 Å². The maximum atomic E-state index is 13.3. The number of aromatic nitrogens is 2. The van der Waals surface area contributed by atoms with E-state index in [2.05, 4.69) is 9.97 Å². The van der Waals surface area contributed by atoms with Crippen LogP contribution < -0.4 is 10.5 Å². The van der Waals surface area contributed by atoms with Crippen LogP contribution in [0, 0.1) is 0 Å². The first kappa shape index (κ1) is 17.6. The summed E-state index contributed by atoms with van der Waals surface area (Å²) in [7, 11) is 0. The predicted molar refractivity (Wildman–Crippen MR) is 83.6 cm³/mol. The number of alkyl halides is 4. The van der Waals surface area contributed by atoms with Crippen molar-refractivity contribution in [3.63, 3.8) is 0 Å². The summed E-state index contributed by atoms with van der Waals surface area (Å²) in [5, 5.41) is 0. The van der Waals surface area contributed by atoms with Gasteiger partial charge in [-0.2, -0.15) is 0 Å². The molecule has 4 nitrogen and oxygen atoms in total. The average molecular weight is 355 g/mol. The van der Waals surface area contributed by atoms with Crippen LogP contribution in [0.3, 0.4) is 0 Å². The lowest BCUT2D eigenvalue weighted by molar-refractivity contribution is 0.120. The maximum absolute atomic E-state index is 13.3. The first-order chi connectivity index (χ1) is 11.9.